The Balaban J connectivity index is 1.56. The minimum Gasteiger partial charge on any atom is -0.358 e. The lowest BCUT2D eigenvalue weighted by Crippen LogP contribution is -2.39. The molecule has 1 atom stereocenters. The van der Waals surface area contributed by atoms with Gasteiger partial charge in [0, 0.05) is 41.2 Å². The third-order valence-electron chi connectivity index (χ3n) is 4.82. The summed E-state index contributed by atoms with van der Waals surface area (Å²) in [6.07, 6.45) is 1.84. The van der Waals surface area contributed by atoms with Gasteiger partial charge in [0.1, 0.15) is 11.6 Å². The number of fused-ring (bicyclic) bond motifs is 1. The molecule has 1 fully saturated rings. The molecule has 0 bridgehead atoms. The van der Waals surface area contributed by atoms with E-state index in [1.165, 1.54) is 24.3 Å². The summed E-state index contributed by atoms with van der Waals surface area (Å²) in [4.78, 5) is 17.8. The van der Waals surface area contributed by atoms with E-state index in [9.17, 15) is 13.6 Å². The van der Waals surface area contributed by atoms with Crippen molar-refractivity contribution in [3.8, 4) is 0 Å². The van der Waals surface area contributed by atoms with Gasteiger partial charge in [-0.05, 0) is 55.3 Å². The van der Waals surface area contributed by atoms with Crippen LogP contribution >= 0.6 is 0 Å². The van der Waals surface area contributed by atoms with Crippen molar-refractivity contribution in [1.82, 2.24) is 9.88 Å². The molecule has 1 aliphatic heterocycles. The molecule has 2 heterocycles. The standard InChI is InChI=1S/C20H18F2N2O/c21-16-5-1-3-13(9-16)20(25)24-8-2-4-14(12-24)19-11-15-10-17(22)6-7-18(15)23-19/h1,3,5-7,9-11,14,23H,2,4,8,12H2. The summed E-state index contributed by atoms with van der Waals surface area (Å²) >= 11 is 0. The number of amides is 1. The number of H-pyrrole nitrogens is 1. The number of aromatic nitrogens is 1. The van der Waals surface area contributed by atoms with E-state index < -0.39 is 5.82 Å². The number of halogens is 2. The molecule has 128 valence electrons. The quantitative estimate of drug-likeness (QED) is 0.734. The monoisotopic (exact) mass is 340 g/mol. The third kappa shape index (κ3) is 3.14. The van der Waals surface area contributed by atoms with Crippen LogP contribution in [0.5, 0.6) is 0 Å². The predicted octanol–water partition coefficient (Wildman–Crippen LogP) is 4.47. The van der Waals surface area contributed by atoms with E-state index in [1.807, 2.05) is 6.07 Å². The van der Waals surface area contributed by atoms with Crippen molar-refractivity contribution in [2.45, 2.75) is 18.8 Å². The highest BCUT2D eigenvalue weighted by molar-refractivity contribution is 5.94. The second-order valence-electron chi connectivity index (χ2n) is 6.56. The van der Waals surface area contributed by atoms with Crippen molar-refractivity contribution in [1.29, 1.82) is 0 Å². The molecule has 1 N–H and O–H groups in total. The Morgan fingerprint density at radius 1 is 1.08 bits per heavy atom. The smallest absolute Gasteiger partial charge is 0.253 e. The second kappa shape index (κ2) is 6.31. The molecule has 1 amide bonds. The van der Waals surface area contributed by atoms with Crippen LogP contribution in [-0.2, 0) is 0 Å². The van der Waals surface area contributed by atoms with Gasteiger partial charge in [0.2, 0.25) is 0 Å². The van der Waals surface area contributed by atoms with Crippen LogP contribution < -0.4 is 0 Å². The number of carbonyl (C=O) groups excluding carboxylic acids is 1. The molecule has 1 unspecified atom stereocenters. The van der Waals surface area contributed by atoms with Crippen LogP contribution in [0.3, 0.4) is 0 Å². The first-order valence-electron chi connectivity index (χ1n) is 8.43. The Hall–Kier alpha value is -2.69. The lowest BCUT2D eigenvalue weighted by molar-refractivity contribution is 0.0705. The van der Waals surface area contributed by atoms with Crippen molar-refractivity contribution in [3.63, 3.8) is 0 Å². The number of nitrogens with zero attached hydrogens (tertiary/aromatic N) is 1. The number of nitrogens with one attached hydrogen (secondary N) is 1. The van der Waals surface area contributed by atoms with Gasteiger partial charge in [-0.2, -0.15) is 0 Å². The topological polar surface area (TPSA) is 36.1 Å². The molecule has 0 saturated carbocycles. The molecule has 0 aliphatic carbocycles. The summed E-state index contributed by atoms with van der Waals surface area (Å²) in [7, 11) is 0. The van der Waals surface area contributed by atoms with Gasteiger partial charge in [-0.25, -0.2) is 8.78 Å². The summed E-state index contributed by atoms with van der Waals surface area (Å²) in [6.45, 7) is 1.24. The fourth-order valence-electron chi connectivity index (χ4n) is 3.57. The lowest BCUT2D eigenvalue weighted by atomic mass is 9.94. The van der Waals surface area contributed by atoms with Gasteiger partial charge in [-0.3, -0.25) is 4.79 Å². The van der Waals surface area contributed by atoms with Crippen molar-refractivity contribution < 1.29 is 13.6 Å². The summed E-state index contributed by atoms with van der Waals surface area (Å²) in [5, 5.41) is 0.837. The van der Waals surface area contributed by atoms with E-state index in [-0.39, 0.29) is 17.6 Å². The maximum Gasteiger partial charge on any atom is 0.253 e. The van der Waals surface area contributed by atoms with Crippen molar-refractivity contribution in [2.24, 2.45) is 0 Å². The SMILES string of the molecule is O=C(c1cccc(F)c1)N1CCCC(c2cc3cc(F)ccc3[nH]2)C1. The van der Waals surface area contributed by atoms with E-state index in [0.29, 0.717) is 18.7 Å². The largest absolute Gasteiger partial charge is 0.358 e. The van der Waals surface area contributed by atoms with Gasteiger partial charge >= 0.3 is 0 Å². The maximum absolute atomic E-state index is 13.4. The molecule has 0 spiro atoms. The molecule has 1 aromatic heterocycles. The van der Waals surface area contributed by atoms with Crippen LogP contribution in [0.2, 0.25) is 0 Å². The van der Waals surface area contributed by atoms with Crippen molar-refractivity contribution >= 4 is 16.8 Å². The molecule has 0 radical (unpaired) electrons. The molecule has 3 aromatic rings. The van der Waals surface area contributed by atoms with Crippen LogP contribution in [0.1, 0.15) is 34.8 Å². The zero-order chi connectivity index (χ0) is 17.4. The summed E-state index contributed by atoms with van der Waals surface area (Å²) < 4.78 is 26.8. The van der Waals surface area contributed by atoms with Crippen molar-refractivity contribution in [2.75, 3.05) is 13.1 Å². The molecular weight excluding hydrogens is 322 g/mol. The van der Waals surface area contributed by atoms with Crippen LogP contribution in [0.4, 0.5) is 8.78 Å². The van der Waals surface area contributed by atoms with Crippen LogP contribution in [0.15, 0.2) is 48.5 Å². The first-order chi connectivity index (χ1) is 12.1. The average Bonchev–Trinajstić information content (AvgIpc) is 3.04. The third-order valence-corrected chi connectivity index (χ3v) is 4.82. The fraction of sp³-hybridized carbons (Fsp3) is 0.250. The van der Waals surface area contributed by atoms with E-state index in [2.05, 4.69) is 4.98 Å². The summed E-state index contributed by atoms with van der Waals surface area (Å²) in [5.74, 6) is -0.644. The molecule has 3 nitrogen and oxygen atoms in total. The minimum atomic E-state index is -0.406. The molecule has 25 heavy (non-hydrogen) atoms. The van der Waals surface area contributed by atoms with Gasteiger partial charge in [-0.15, -0.1) is 0 Å². The second-order valence-corrected chi connectivity index (χ2v) is 6.56. The molecule has 1 aliphatic rings. The van der Waals surface area contributed by atoms with E-state index in [0.717, 1.165) is 29.4 Å². The Morgan fingerprint density at radius 3 is 2.76 bits per heavy atom. The number of carbonyl (C=O) groups is 1. The highest BCUT2D eigenvalue weighted by Crippen LogP contribution is 2.30. The number of likely N-dealkylation sites (tertiary alicyclic amines) is 1. The van der Waals surface area contributed by atoms with Gasteiger partial charge in [-0.1, -0.05) is 6.07 Å². The number of aromatic amines is 1. The van der Waals surface area contributed by atoms with Gasteiger partial charge in [0.05, 0.1) is 0 Å². The Labute approximate surface area is 144 Å². The average molecular weight is 340 g/mol. The molecule has 5 heteroatoms. The Bertz CT molecular complexity index is 934. The fourth-order valence-corrected chi connectivity index (χ4v) is 3.57. The van der Waals surface area contributed by atoms with E-state index in [4.69, 9.17) is 0 Å². The Morgan fingerprint density at radius 2 is 1.92 bits per heavy atom. The van der Waals surface area contributed by atoms with Crippen molar-refractivity contribution in [3.05, 3.63) is 71.4 Å². The van der Waals surface area contributed by atoms with Crippen LogP contribution in [0, 0.1) is 11.6 Å². The van der Waals surface area contributed by atoms with Gasteiger partial charge < -0.3 is 9.88 Å². The zero-order valence-corrected chi connectivity index (χ0v) is 13.6. The number of benzene rings is 2. The molecule has 2 aromatic carbocycles. The number of hydrogen-bond donors (Lipinski definition) is 1. The predicted molar refractivity (Wildman–Crippen MR) is 92.5 cm³/mol. The molecular formula is C20H18F2N2O. The molecule has 1 saturated heterocycles. The highest BCUT2D eigenvalue weighted by atomic mass is 19.1. The number of hydrogen-bond acceptors (Lipinski definition) is 1. The zero-order valence-electron chi connectivity index (χ0n) is 13.6. The lowest BCUT2D eigenvalue weighted by Gasteiger charge is -2.32. The van der Waals surface area contributed by atoms with Gasteiger partial charge in [0.25, 0.3) is 5.91 Å². The van der Waals surface area contributed by atoms with E-state index >= 15 is 0 Å². The number of rotatable bonds is 2. The highest BCUT2D eigenvalue weighted by Gasteiger charge is 2.26. The normalized spacial score (nSPS) is 17.8. The minimum absolute atomic E-state index is 0.147. The maximum atomic E-state index is 13.4. The van der Waals surface area contributed by atoms with Crippen LogP contribution in [-0.4, -0.2) is 28.9 Å². The van der Waals surface area contributed by atoms with Gasteiger partial charge in [0.15, 0.2) is 0 Å². The van der Waals surface area contributed by atoms with Crippen LogP contribution in [0.25, 0.3) is 10.9 Å². The first-order valence-corrected chi connectivity index (χ1v) is 8.43. The number of piperidine rings is 1. The summed E-state index contributed by atoms with van der Waals surface area (Å²) in [6, 6.07) is 12.4. The Kier molecular flexibility index (Phi) is 3.99. The summed E-state index contributed by atoms with van der Waals surface area (Å²) in [5.41, 5.74) is 2.28. The first kappa shape index (κ1) is 15.8. The molecule has 4 rings (SSSR count). The van der Waals surface area contributed by atoms with E-state index in [1.54, 1.807) is 23.1 Å².